The van der Waals surface area contributed by atoms with Crippen molar-refractivity contribution in [3.8, 4) is 0 Å². The maximum atomic E-state index is 14.2. The van der Waals surface area contributed by atoms with Gasteiger partial charge in [0.25, 0.3) is 0 Å². The Hall–Kier alpha value is -3.56. The second-order valence-corrected chi connectivity index (χ2v) is 10.3. The van der Waals surface area contributed by atoms with Gasteiger partial charge < -0.3 is 11.5 Å². The van der Waals surface area contributed by atoms with Crippen LogP contribution in [0.5, 0.6) is 0 Å². The van der Waals surface area contributed by atoms with Gasteiger partial charge in [-0.2, -0.15) is 0 Å². The molecule has 1 aromatic heterocycles. The molecule has 7 nitrogen and oxygen atoms in total. The topological polar surface area (TPSA) is 110 Å². The van der Waals surface area contributed by atoms with Crippen LogP contribution in [0, 0.1) is 18.2 Å². The van der Waals surface area contributed by atoms with Gasteiger partial charge in [0.05, 0.1) is 21.7 Å². The normalized spacial score (nSPS) is 23.2. The molecule has 4 rings (SSSR count). The van der Waals surface area contributed by atoms with Crippen molar-refractivity contribution in [3.05, 3.63) is 94.2 Å². The lowest BCUT2D eigenvalue weighted by Crippen LogP contribution is -2.50. The number of ketones is 1. The predicted molar refractivity (Wildman–Crippen MR) is 149 cm³/mol. The summed E-state index contributed by atoms with van der Waals surface area (Å²) < 4.78 is 15.6. The molecule has 192 valence electrons. The van der Waals surface area contributed by atoms with Crippen LogP contribution < -0.4 is 11.5 Å². The Morgan fingerprint density at radius 1 is 1.24 bits per heavy atom. The molecule has 1 saturated heterocycles. The second-order valence-electron chi connectivity index (χ2n) is 9.19. The van der Waals surface area contributed by atoms with E-state index in [9.17, 15) is 9.18 Å². The average Bonchev–Trinajstić information content (AvgIpc) is 2.91. The summed E-state index contributed by atoms with van der Waals surface area (Å²) in [7, 11) is 1.73. The number of aryl methyl sites for hydroxylation is 1. The number of piperidine rings is 1. The zero-order valence-corrected chi connectivity index (χ0v) is 22.1. The Bertz CT molecular complexity index is 1340. The summed E-state index contributed by atoms with van der Waals surface area (Å²) in [5.74, 6) is -0.373. The van der Waals surface area contributed by atoms with Gasteiger partial charge in [0.2, 0.25) is 0 Å². The monoisotopic (exact) mass is 518 g/mol. The van der Waals surface area contributed by atoms with Crippen molar-refractivity contribution < 1.29 is 9.18 Å². The fourth-order valence-electron chi connectivity index (χ4n) is 4.67. The third-order valence-electron chi connectivity index (χ3n) is 6.75. The molecule has 1 unspecified atom stereocenters. The highest BCUT2D eigenvalue weighted by Crippen LogP contribution is 2.48. The molecule has 0 spiro atoms. The number of hydrogen-bond acceptors (Lipinski definition) is 8. The van der Waals surface area contributed by atoms with Gasteiger partial charge in [-0.15, -0.1) is 0 Å². The average molecular weight is 519 g/mol. The molecule has 1 aliphatic heterocycles. The zero-order chi connectivity index (χ0) is 26.6. The number of pyridine rings is 1. The van der Waals surface area contributed by atoms with Crippen LogP contribution in [0.25, 0.3) is 0 Å². The van der Waals surface area contributed by atoms with E-state index in [1.807, 2.05) is 32.1 Å². The van der Waals surface area contributed by atoms with Crippen molar-refractivity contribution >= 4 is 34.8 Å². The van der Waals surface area contributed by atoms with Crippen molar-refractivity contribution in [2.24, 2.45) is 26.9 Å². The summed E-state index contributed by atoms with van der Waals surface area (Å²) in [6, 6.07) is 9.69. The maximum Gasteiger partial charge on any atom is 0.193 e. The number of aromatic nitrogens is 1. The van der Waals surface area contributed by atoms with E-state index < -0.39 is 5.41 Å². The number of benzene rings is 1. The summed E-state index contributed by atoms with van der Waals surface area (Å²) >= 11 is 1.50. The summed E-state index contributed by atoms with van der Waals surface area (Å²) in [6.45, 7) is 5.02. The molecule has 2 aliphatic rings. The molecule has 2 aromatic rings. The number of hydrogen-bond donors (Lipinski definition) is 2. The Balaban J connectivity index is 1.79. The first-order valence-electron chi connectivity index (χ1n) is 12.0. The number of allylic oxidation sites excluding steroid dienone is 3. The van der Waals surface area contributed by atoms with Crippen LogP contribution in [0.3, 0.4) is 0 Å². The lowest BCUT2D eigenvalue weighted by atomic mass is 9.64. The maximum absolute atomic E-state index is 14.2. The minimum absolute atomic E-state index is 0.0490. The molecule has 1 aromatic carbocycles. The number of carbonyl (C=O) groups is 1. The molecule has 2 heterocycles. The summed E-state index contributed by atoms with van der Waals surface area (Å²) in [4.78, 5) is 28.5. The van der Waals surface area contributed by atoms with E-state index >= 15 is 0 Å². The van der Waals surface area contributed by atoms with E-state index in [0.717, 1.165) is 27.3 Å². The van der Waals surface area contributed by atoms with Gasteiger partial charge in [-0.25, -0.2) is 13.7 Å². The van der Waals surface area contributed by atoms with Gasteiger partial charge >= 0.3 is 0 Å². The van der Waals surface area contributed by atoms with Crippen molar-refractivity contribution in [3.63, 3.8) is 0 Å². The number of aliphatic imine (C=N–C) groups is 2. The summed E-state index contributed by atoms with van der Waals surface area (Å²) in [5.41, 5.74) is 16.4. The first kappa shape index (κ1) is 26.5. The number of Topliss-reactive ketones (excluding diaryl/α,β-unsaturated/α-hetero) is 1. The molecule has 1 fully saturated rings. The van der Waals surface area contributed by atoms with Crippen molar-refractivity contribution in [1.29, 1.82) is 0 Å². The van der Waals surface area contributed by atoms with Gasteiger partial charge in [0.1, 0.15) is 11.5 Å². The minimum atomic E-state index is -0.865. The number of halogens is 1. The number of nitrogens with two attached hydrogens (primary N) is 2. The van der Waals surface area contributed by atoms with E-state index in [4.69, 9.17) is 16.5 Å². The standard InChI is InChI=1S/C28H31FN6OS/c1-18-8-10-33-25(12-18)27(36)28-14-20(15-30)24(34-23-6-4-22(29)5-7-23)13-21(28)9-11-35(17-28)37-26(16-31)19(2)32-3/h4-8,10,12-13,15-16H,9,11,14,17,30-31H2,1-3H3. The Kier molecular flexibility index (Phi) is 8.04. The molecule has 0 bridgehead atoms. The molecule has 0 radical (unpaired) electrons. The van der Waals surface area contributed by atoms with E-state index in [2.05, 4.69) is 14.3 Å². The smallest absolute Gasteiger partial charge is 0.193 e. The molecule has 0 amide bonds. The summed E-state index contributed by atoms with van der Waals surface area (Å²) in [6.07, 6.45) is 7.74. The summed E-state index contributed by atoms with van der Waals surface area (Å²) in [5, 5.41) is 0. The first-order valence-corrected chi connectivity index (χ1v) is 12.8. The molecular weight excluding hydrogens is 487 g/mol. The SMILES string of the molecule is CN=C(C)C(=CN)SN1CCC2=CC(=Nc3ccc(F)cc3)C(=CN)CC2(C(=O)c2cc(C)ccn2)C1. The fraction of sp³-hybridized carbons (Fsp3) is 0.286. The Morgan fingerprint density at radius 3 is 2.65 bits per heavy atom. The molecule has 1 aliphatic carbocycles. The third-order valence-corrected chi connectivity index (χ3v) is 7.95. The molecule has 37 heavy (non-hydrogen) atoms. The van der Waals surface area contributed by atoms with Crippen molar-refractivity contribution in [2.75, 3.05) is 20.1 Å². The minimum Gasteiger partial charge on any atom is -0.404 e. The van der Waals surface area contributed by atoms with E-state index in [1.165, 1.54) is 30.3 Å². The fourth-order valence-corrected chi connectivity index (χ4v) is 5.70. The quantitative estimate of drug-likeness (QED) is 0.320. The van der Waals surface area contributed by atoms with Gasteiger partial charge in [0.15, 0.2) is 5.78 Å². The van der Waals surface area contributed by atoms with Gasteiger partial charge in [-0.05, 0) is 98.4 Å². The van der Waals surface area contributed by atoms with Crippen LogP contribution >= 0.6 is 11.9 Å². The van der Waals surface area contributed by atoms with E-state index in [1.54, 1.807) is 31.6 Å². The molecule has 4 N–H and O–H groups in total. The second kappa shape index (κ2) is 11.2. The highest BCUT2D eigenvalue weighted by Gasteiger charge is 2.49. The first-order chi connectivity index (χ1) is 17.8. The van der Waals surface area contributed by atoms with Crippen LogP contribution in [0.1, 0.15) is 35.8 Å². The lowest BCUT2D eigenvalue weighted by Gasteiger charge is -2.45. The molecular formula is C28H31FN6OS. The molecule has 0 saturated carbocycles. The van der Waals surface area contributed by atoms with Crippen molar-refractivity contribution in [2.45, 2.75) is 26.7 Å². The van der Waals surface area contributed by atoms with Crippen LogP contribution in [0.4, 0.5) is 10.1 Å². The largest absolute Gasteiger partial charge is 0.404 e. The van der Waals surface area contributed by atoms with Crippen LogP contribution in [0.15, 0.2) is 87.1 Å². The zero-order valence-electron chi connectivity index (χ0n) is 21.2. The van der Waals surface area contributed by atoms with Crippen LogP contribution in [-0.2, 0) is 0 Å². The molecule has 1 atom stereocenters. The van der Waals surface area contributed by atoms with Crippen LogP contribution in [0.2, 0.25) is 0 Å². The Labute approximate surface area is 221 Å². The number of rotatable bonds is 6. The van der Waals surface area contributed by atoms with E-state index in [0.29, 0.717) is 43.0 Å². The molecule has 9 heteroatoms. The van der Waals surface area contributed by atoms with Crippen LogP contribution in [-0.4, -0.2) is 46.6 Å². The lowest BCUT2D eigenvalue weighted by molar-refractivity contribution is 0.0776. The predicted octanol–water partition coefficient (Wildman–Crippen LogP) is 4.89. The number of fused-ring (bicyclic) bond motifs is 1. The van der Waals surface area contributed by atoms with Gasteiger partial charge in [-0.3, -0.25) is 14.8 Å². The highest BCUT2D eigenvalue weighted by molar-refractivity contribution is 8.01. The Morgan fingerprint density at radius 2 is 2.00 bits per heavy atom. The van der Waals surface area contributed by atoms with E-state index in [-0.39, 0.29) is 11.6 Å². The van der Waals surface area contributed by atoms with Crippen molar-refractivity contribution in [1.82, 2.24) is 9.29 Å². The van der Waals surface area contributed by atoms with Gasteiger partial charge in [-0.1, -0.05) is 5.57 Å². The third kappa shape index (κ3) is 5.57. The van der Waals surface area contributed by atoms with Gasteiger partial charge in [0, 0.05) is 38.2 Å². The number of nitrogens with zero attached hydrogens (tertiary/aromatic N) is 4. The highest BCUT2D eigenvalue weighted by atomic mass is 32.2. The number of carbonyl (C=O) groups excluding carboxylic acids is 1.